The number of nitro groups is 1. The fourth-order valence-corrected chi connectivity index (χ4v) is 1.59. The maximum atomic E-state index is 10.7. The molecular weight excluding hydrogens is 250 g/mol. The summed E-state index contributed by atoms with van der Waals surface area (Å²) in [7, 11) is 0. The summed E-state index contributed by atoms with van der Waals surface area (Å²) in [6.45, 7) is 0. The highest BCUT2D eigenvalue weighted by molar-refractivity contribution is 5.58. The topological polar surface area (TPSA) is 95.2 Å². The van der Waals surface area contributed by atoms with Crippen LogP contribution >= 0.6 is 0 Å². The van der Waals surface area contributed by atoms with Crippen molar-refractivity contribution < 1.29 is 13.8 Å². The van der Waals surface area contributed by atoms with E-state index in [1.807, 2.05) is 0 Å². The van der Waals surface area contributed by atoms with Crippen LogP contribution in [0, 0.1) is 10.1 Å². The molecule has 0 N–H and O–H groups in total. The minimum Gasteiger partial charge on any atom is -0.459 e. The quantitative estimate of drug-likeness (QED) is 0.528. The lowest BCUT2D eigenvalue weighted by Crippen LogP contribution is -1.88. The molecule has 0 unspecified atom stereocenters. The van der Waals surface area contributed by atoms with Gasteiger partial charge in [0, 0.05) is 17.7 Å². The van der Waals surface area contributed by atoms with Gasteiger partial charge in [-0.05, 0) is 18.2 Å². The number of rotatable bonds is 3. The molecule has 0 aliphatic rings. The number of benzene rings is 1. The first-order valence-electron chi connectivity index (χ1n) is 5.36. The van der Waals surface area contributed by atoms with Crippen molar-refractivity contribution in [3.05, 3.63) is 52.8 Å². The van der Waals surface area contributed by atoms with Gasteiger partial charge < -0.3 is 8.83 Å². The Bertz CT molecular complexity index is 718. The lowest BCUT2D eigenvalue weighted by Gasteiger charge is -1.94. The molecule has 3 aromatic rings. The van der Waals surface area contributed by atoms with Gasteiger partial charge >= 0.3 is 0 Å². The molecule has 0 amide bonds. The van der Waals surface area contributed by atoms with Gasteiger partial charge in [-0.15, -0.1) is 10.2 Å². The van der Waals surface area contributed by atoms with Crippen LogP contribution in [0.1, 0.15) is 0 Å². The van der Waals surface area contributed by atoms with Crippen LogP contribution in [-0.2, 0) is 0 Å². The molecule has 1 aromatic carbocycles. The maximum absolute atomic E-state index is 10.7. The molecule has 0 saturated carbocycles. The van der Waals surface area contributed by atoms with Gasteiger partial charge in [-0.25, -0.2) is 0 Å². The van der Waals surface area contributed by atoms with Crippen LogP contribution in [0.2, 0.25) is 0 Å². The van der Waals surface area contributed by atoms with Crippen LogP contribution in [0.3, 0.4) is 0 Å². The smallest absolute Gasteiger partial charge is 0.283 e. The number of aromatic nitrogens is 2. The maximum Gasteiger partial charge on any atom is 0.283 e. The lowest BCUT2D eigenvalue weighted by atomic mass is 10.2. The predicted molar refractivity (Wildman–Crippen MR) is 64.1 cm³/mol. The molecule has 0 spiro atoms. The summed E-state index contributed by atoms with van der Waals surface area (Å²) in [4.78, 5) is 10.2. The van der Waals surface area contributed by atoms with Gasteiger partial charge in [0.2, 0.25) is 5.89 Å². The van der Waals surface area contributed by atoms with Crippen molar-refractivity contribution in [3.8, 4) is 23.1 Å². The molecule has 0 saturated heterocycles. The van der Waals surface area contributed by atoms with Crippen LogP contribution in [-0.4, -0.2) is 15.1 Å². The monoisotopic (exact) mass is 257 g/mol. The molecule has 2 heterocycles. The Balaban J connectivity index is 1.99. The molecule has 2 aromatic heterocycles. The second-order valence-corrected chi connectivity index (χ2v) is 3.70. The summed E-state index contributed by atoms with van der Waals surface area (Å²) in [6, 6.07) is 9.38. The van der Waals surface area contributed by atoms with Crippen molar-refractivity contribution in [2.24, 2.45) is 0 Å². The van der Waals surface area contributed by atoms with E-state index in [9.17, 15) is 10.1 Å². The number of furan rings is 1. The Hall–Kier alpha value is -2.96. The highest BCUT2D eigenvalue weighted by Gasteiger charge is 2.14. The third kappa shape index (κ3) is 2.08. The molecule has 0 aliphatic heterocycles. The average molecular weight is 257 g/mol. The van der Waals surface area contributed by atoms with Gasteiger partial charge in [-0.3, -0.25) is 10.1 Å². The summed E-state index contributed by atoms with van der Waals surface area (Å²) in [5.41, 5.74) is 0.453. The molecule has 7 heteroatoms. The normalized spacial score (nSPS) is 10.5. The van der Waals surface area contributed by atoms with Gasteiger partial charge in [0.1, 0.15) is 0 Å². The summed E-state index contributed by atoms with van der Waals surface area (Å²) in [5.74, 6) is 0.880. The SMILES string of the molecule is O=[N+]([O-])c1cccc(-c2nnc(-c3ccco3)o2)c1. The number of non-ortho nitro benzene ring substituents is 1. The minimum atomic E-state index is -0.479. The zero-order valence-corrected chi connectivity index (χ0v) is 9.52. The third-order valence-corrected chi connectivity index (χ3v) is 2.46. The van der Waals surface area contributed by atoms with Crippen molar-refractivity contribution >= 4 is 5.69 Å². The van der Waals surface area contributed by atoms with Crippen molar-refractivity contribution in [1.29, 1.82) is 0 Å². The first kappa shape index (κ1) is 11.1. The van der Waals surface area contributed by atoms with Crippen molar-refractivity contribution in [2.45, 2.75) is 0 Å². The number of nitrogens with zero attached hydrogens (tertiary/aromatic N) is 3. The zero-order chi connectivity index (χ0) is 13.2. The Labute approximate surface area is 106 Å². The van der Waals surface area contributed by atoms with E-state index in [-0.39, 0.29) is 17.5 Å². The summed E-state index contributed by atoms with van der Waals surface area (Å²) >= 11 is 0. The van der Waals surface area contributed by atoms with Gasteiger partial charge in [0.25, 0.3) is 11.6 Å². The highest BCUT2D eigenvalue weighted by atomic mass is 16.6. The number of nitro benzene ring substituents is 1. The fourth-order valence-electron chi connectivity index (χ4n) is 1.59. The van der Waals surface area contributed by atoms with E-state index in [2.05, 4.69) is 10.2 Å². The molecule has 0 bridgehead atoms. The zero-order valence-electron chi connectivity index (χ0n) is 9.52. The molecule has 0 fully saturated rings. The van der Waals surface area contributed by atoms with Gasteiger partial charge in [0.05, 0.1) is 11.2 Å². The van der Waals surface area contributed by atoms with Crippen molar-refractivity contribution in [3.63, 3.8) is 0 Å². The Kier molecular flexibility index (Phi) is 2.57. The molecule has 94 valence electrons. The van der Waals surface area contributed by atoms with E-state index in [1.54, 1.807) is 24.3 Å². The standard InChI is InChI=1S/C12H7N3O4/c16-15(17)9-4-1-3-8(7-9)11-13-14-12(19-11)10-5-2-6-18-10/h1-7H. The molecule has 7 nitrogen and oxygen atoms in total. The molecule has 19 heavy (non-hydrogen) atoms. The van der Waals surface area contributed by atoms with E-state index < -0.39 is 4.92 Å². The van der Waals surface area contributed by atoms with Crippen LogP contribution in [0.5, 0.6) is 0 Å². The van der Waals surface area contributed by atoms with Gasteiger partial charge in [-0.1, -0.05) is 6.07 Å². The number of hydrogen-bond acceptors (Lipinski definition) is 6. The molecule has 3 rings (SSSR count). The average Bonchev–Trinajstić information content (AvgIpc) is 3.09. The second-order valence-electron chi connectivity index (χ2n) is 3.70. The molecule has 0 aliphatic carbocycles. The van der Waals surface area contributed by atoms with E-state index in [0.29, 0.717) is 11.3 Å². The van der Waals surface area contributed by atoms with E-state index in [1.165, 1.54) is 18.4 Å². The fraction of sp³-hybridized carbons (Fsp3) is 0. The highest BCUT2D eigenvalue weighted by Crippen LogP contribution is 2.26. The van der Waals surface area contributed by atoms with Crippen LogP contribution in [0.4, 0.5) is 5.69 Å². The van der Waals surface area contributed by atoms with E-state index >= 15 is 0 Å². The number of hydrogen-bond donors (Lipinski definition) is 0. The largest absolute Gasteiger partial charge is 0.459 e. The summed E-state index contributed by atoms with van der Waals surface area (Å²) in [5, 5.41) is 18.4. The van der Waals surface area contributed by atoms with Crippen LogP contribution in [0.25, 0.3) is 23.1 Å². The predicted octanol–water partition coefficient (Wildman–Crippen LogP) is 2.90. The lowest BCUT2D eigenvalue weighted by molar-refractivity contribution is -0.384. The Morgan fingerprint density at radius 1 is 1.11 bits per heavy atom. The van der Waals surface area contributed by atoms with Gasteiger partial charge in [0.15, 0.2) is 5.76 Å². The van der Waals surface area contributed by atoms with Crippen LogP contribution in [0.15, 0.2) is 51.5 Å². The summed E-state index contributed by atoms with van der Waals surface area (Å²) in [6.07, 6.45) is 1.49. The Morgan fingerprint density at radius 2 is 1.95 bits per heavy atom. The Morgan fingerprint density at radius 3 is 2.68 bits per heavy atom. The molecule has 0 radical (unpaired) electrons. The second kappa shape index (κ2) is 4.37. The first-order valence-corrected chi connectivity index (χ1v) is 5.36. The minimum absolute atomic E-state index is 0.0322. The van der Waals surface area contributed by atoms with Crippen molar-refractivity contribution in [2.75, 3.05) is 0 Å². The first-order chi connectivity index (χ1) is 9.24. The summed E-state index contributed by atoms with van der Waals surface area (Å²) < 4.78 is 10.5. The van der Waals surface area contributed by atoms with E-state index in [0.717, 1.165) is 0 Å². The van der Waals surface area contributed by atoms with E-state index in [4.69, 9.17) is 8.83 Å². The van der Waals surface area contributed by atoms with Crippen molar-refractivity contribution in [1.82, 2.24) is 10.2 Å². The van der Waals surface area contributed by atoms with Gasteiger partial charge in [-0.2, -0.15) is 0 Å². The van der Waals surface area contributed by atoms with Crippen LogP contribution < -0.4 is 0 Å². The molecule has 0 atom stereocenters. The third-order valence-electron chi connectivity index (χ3n) is 2.46. The molecular formula is C12H7N3O4.